The molecule has 9 nitrogen and oxygen atoms in total. The molecular formula is C25H30ClNO8. The molecule has 0 unspecified atom stereocenters. The molecule has 1 saturated heterocycles. The number of ether oxygens (including phenoxy) is 1. The predicted molar refractivity (Wildman–Crippen MR) is 127 cm³/mol. The molecule has 2 aliphatic rings. The average molecular weight is 508 g/mol. The predicted octanol–water partition coefficient (Wildman–Crippen LogP) is 2.65. The van der Waals surface area contributed by atoms with E-state index in [2.05, 4.69) is 4.74 Å². The van der Waals surface area contributed by atoms with Crippen LogP contribution in [0.25, 0.3) is 6.08 Å². The maximum Gasteiger partial charge on any atom is 0.423 e. The van der Waals surface area contributed by atoms with Crippen LogP contribution in [0.15, 0.2) is 34.9 Å². The zero-order valence-corrected chi connectivity index (χ0v) is 20.4. The van der Waals surface area contributed by atoms with Gasteiger partial charge in [-0.2, -0.15) is 4.90 Å². The van der Waals surface area contributed by atoms with Crippen LogP contribution in [0.3, 0.4) is 0 Å². The van der Waals surface area contributed by atoms with Crippen LogP contribution < -0.4 is 0 Å². The molecule has 0 radical (unpaired) electrons. The number of phenolic OH excluding ortho intramolecular Hbond substituents is 1. The molecule has 1 aliphatic carbocycles. The quantitative estimate of drug-likeness (QED) is 0.310. The van der Waals surface area contributed by atoms with Gasteiger partial charge in [-0.3, -0.25) is 9.59 Å². The van der Waals surface area contributed by atoms with E-state index in [0.717, 1.165) is 18.2 Å². The molecule has 10 heteroatoms. The van der Waals surface area contributed by atoms with Gasteiger partial charge in [0.25, 0.3) is 0 Å². The Kier molecular flexibility index (Phi) is 8.71. The standard InChI is InChI=1S/C25H30ClNO8/c1-3-13(8-14-5-6-16(30)10-19(14)26)4-7-20(31)21-15(11-28)9-17-22(18(21)12-29)24(33)27(23(17)32)25(34)35-2/h5-6,8,10,17-18,20,22,28-31H,3-4,7,9,11-12H2,1-2H3/b13-8+/t17-,18+,20-,22-/m1/s1. The minimum absolute atomic E-state index is 0.00170. The molecule has 1 heterocycles. The molecule has 4 N–H and O–H groups in total. The number of methoxy groups -OCH3 is 1. The van der Waals surface area contributed by atoms with Gasteiger partial charge in [-0.15, -0.1) is 0 Å². The topological polar surface area (TPSA) is 145 Å². The summed E-state index contributed by atoms with van der Waals surface area (Å²) < 4.78 is 4.56. The number of phenols is 1. The van der Waals surface area contributed by atoms with Gasteiger partial charge in [-0.05, 0) is 60.6 Å². The van der Waals surface area contributed by atoms with Crippen LogP contribution in [-0.2, 0) is 14.3 Å². The molecule has 1 aromatic carbocycles. The number of imide groups is 3. The van der Waals surface area contributed by atoms with E-state index in [-0.39, 0.29) is 18.6 Å². The highest BCUT2D eigenvalue weighted by atomic mass is 35.5. The highest BCUT2D eigenvalue weighted by Gasteiger charge is 2.57. The minimum Gasteiger partial charge on any atom is -0.508 e. The van der Waals surface area contributed by atoms with E-state index in [1.807, 2.05) is 13.0 Å². The van der Waals surface area contributed by atoms with E-state index in [4.69, 9.17) is 11.6 Å². The smallest absolute Gasteiger partial charge is 0.423 e. The first-order chi connectivity index (χ1) is 16.7. The summed E-state index contributed by atoms with van der Waals surface area (Å²) in [4.78, 5) is 38.1. The SMILES string of the molecule is CC/C(=C\c1ccc(O)cc1Cl)CC[C@@H](O)C1=C(CO)C[C@H]2C(=O)N(C(=O)OC)C(=O)[C@H]2[C@H]1CO. The summed E-state index contributed by atoms with van der Waals surface area (Å²) in [6, 6.07) is 4.66. The van der Waals surface area contributed by atoms with Gasteiger partial charge >= 0.3 is 6.09 Å². The molecule has 3 amide bonds. The van der Waals surface area contributed by atoms with Gasteiger partial charge in [0, 0.05) is 5.92 Å². The van der Waals surface area contributed by atoms with Crippen LogP contribution in [0.4, 0.5) is 4.79 Å². The number of benzene rings is 1. The lowest BCUT2D eigenvalue weighted by molar-refractivity contribution is -0.137. The van der Waals surface area contributed by atoms with Gasteiger partial charge in [-0.1, -0.05) is 30.2 Å². The summed E-state index contributed by atoms with van der Waals surface area (Å²) in [5, 5.41) is 41.2. The third-order valence-electron chi connectivity index (χ3n) is 6.82. The molecule has 1 fully saturated rings. The Morgan fingerprint density at radius 1 is 1.29 bits per heavy atom. The number of hydrogen-bond donors (Lipinski definition) is 4. The second-order valence-electron chi connectivity index (χ2n) is 8.74. The van der Waals surface area contributed by atoms with Crippen molar-refractivity contribution in [1.29, 1.82) is 0 Å². The maximum absolute atomic E-state index is 12.9. The van der Waals surface area contributed by atoms with Crippen molar-refractivity contribution >= 4 is 35.6 Å². The normalized spacial score (nSPS) is 23.5. The Hall–Kier alpha value is -2.72. The van der Waals surface area contributed by atoms with Crippen molar-refractivity contribution in [3.8, 4) is 5.75 Å². The van der Waals surface area contributed by atoms with Crippen molar-refractivity contribution < 1.29 is 39.5 Å². The van der Waals surface area contributed by atoms with Gasteiger partial charge in [0.15, 0.2) is 0 Å². The molecule has 0 spiro atoms. The number of nitrogens with zero attached hydrogens (tertiary/aromatic N) is 1. The molecule has 0 aromatic heterocycles. The second kappa shape index (κ2) is 11.3. The number of aliphatic hydroxyl groups is 3. The molecule has 3 rings (SSSR count). The maximum atomic E-state index is 12.9. The van der Waals surface area contributed by atoms with Crippen LogP contribution in [-0.4, -0.2) is 69.7 Å². The number of fused-ring (bicyclic) bond motifs is 1. The van der Waals surface area contributed by atoms with Crippen LogP contribution in [0, 0.1) is 17.8 Å². The monoisotopic (exact) mass is 507 g/mol. The van der Waals surface area contributed by atoms with E-state index in [9.17, 15) is 34.8 Å². The Morgan fingerprint density at radius 3 is 2.57 bits per heavy atom. The number of carbonyl (C=O) groups excluding carboxylic acids is 3. The summed E-state index contributed by atoms with van der Waals surface area (Å²) in [6.45, 7) is 0.965. The van der Waals surface area contributed by atoms with Crippen LogP contribution in [0.2, 0.25) is 5.02 Å². The van der Waals surface area contributed by atoms with Crippen molar-refractivity contribution in [3.63, 3.8) is 0 Å². The van der Waals surface area contributed by atoms with Crippen LogP contribution >= 0.6 is 11.6 Å². The Balaban J connectivity index is 1.85. The van der Waals surface area contributed by atoms with Gasteiger partial charge in [0.2, 0.25) is 11.8 Å². The molecule has 1 aliphatic heterocycles. The van der Waals surface area contributed by atoms with Crippen molar-refractivity contribution in [2.45, 2.75) is 38.7 Å². The molecule has 0 bridgehead atoms. The zero-order chi connectivity index (χ0) is 25.9. The fourth-order valence-electron chi connectivity index (χ4n) is 5.06. The zero-order valence-electron chi connectivity index (χ0n) is 19.6. The van der Waals surface area contributed by atoms with E-state index in [1.54, 1.807) is 6.07 Å². The van der Waals surface area contributed by atoms with Crippen LogP contribution in [0.1, 0.15) is 38.2 Å². The number of carbonyl (C=O) groups is 3. The Labute approximate surface area is 208 Å². The third-order valence-corrected chi connectivity index (χ3v) is 7.15. The van der Waals surface area contributed by atoms with Crippen molar-refractivity contribution in [2.24, 2.45) is 17.8 Å². The average Bonchev–Trinajstić information content (AvgIpc) is 3.10. The second-order valence-corrected chi connectivity index (χ2v) is 9.15. The lowest BCUT2D eigenvalue weighted by atomic mass is 9.68. The number of amides is 3. The number of halogens is 1. The highest BCUT2D eigenvalue weighted by Crippen LogP contribution is 2.46. The first-order valence-electron chi connectivity index (χ1n) is 11.4. The van der Waals surface area contributed by atoms with Crippen molar-refractivity contribution in [1.82, 2.24) is 4.90 Å². The number of hydrogen-bond acceptors (Lipinski definition) is 8. The van der Waals surface area contributed by atoms with E-state index in [0.29, 0.717) is 33.9 Å². The number of aromatic hydroxyl groups is 1. The number of allylic oxidation sites excluding steroid dienone is 1. The molecule has 0 saturated carbocycles. The first kappa shape index (κ1) is 26.9. The fourth-order valence-corrected chi connectivity index (χ4v) is 5.29. The van der Waals surface area contributed by atoms with E-state index < -0.39 is 55.0 Å². The third kappa shape index (κ3) is 5.28. The van der Waals surface area contributed by atoms with Gasteiger partial charge in [-0.25, -0.2) is 4.79 Å². The summed E-state index contributed by atoms with van der Waals surface area (Å²) in [5.74, 6) is -4.31. The van der Waals surface area contributed by atoms with Gasteiger partial charge in [0.05, 0.1) is 43.3 Å². The molecule has 4 atom stereocenters. The largest absolute Gasteiger partial charge is 0.508 e. The lowest BCUT2D eigenvalue weighted by Gasteiger charge is -2.36. The minimum atomic E-state index is -1.09. The molecule has 35 heavy (non-hydrogen) atoms. The lowest BCUT2D eigenvalue weighted by Crippen LogP contribution is -2.40. The highest BCUT2D eigenvalue weighted by molar-refractivity contribution is 6.32. The fraction of sp³-hybridized carbons (Fsp3) is 0.480. The first-order valence-corrected chi connectivity index (χ1v) is 11.8. The molecule has 190 valence electrons. The van der Waals surface area contributed by atoms with Crippen molar-refractivity contribution in [2.75, 3.05) is 20.3 Å². The summed E-state index contributed by atoms with van der Waals surface area (Å²) in [7, 11) is 1.06. The number of likely N-dealkylation sites (tertiary alicyclic amines) is 1. The Morgan fingerprint density at radius 2 is 2.00 bits per heavy atom. The number of rotatable bonds is 8. The van der Waals surface area contributed by atoms with E-state index in [1.165, 1.54) is 12.1 Å². The summed E-state index contributed by atoms with van der Waals surface area (Å²) >= 11 is 6.20. The number of aliphatic hydroxyl groups excluding tert-OH is 3. The molecule has 1 aromatic rings. The van der Waals surface area contributed by atoms with Gasteiger partial charge < -0.3 is 25.2 Å². The molecular weight excluding hydrogens is 478 g/mol. The van der Waals surface area contributed by atoms with Crippen molar-refractivity contribution in [3.05, 3.63) is 45.5 Å². The summed E-state index contributed by atoms with van der Waals surface area (Å²) in [6.07, 6.45) is 1.08. The van der Waals surface area contributed by atoms with E-state index >= 15 is 0 Å². The van der Waals surface area contributed by atoms with Gasteiger partial charge in [0.1, 0.15) is 5.75 Å². The van der Waals surface area contributed by atoms with Crippen LogP contribution in [0.5, 0.6) is 5.75 Å². The Bertz CT molecular complexity index is 1070. The summed E-state index contributed by atoms with van der Waals surface area (Å²) in [5.41, 5.74) is 2.41.